The second-order valence-corrected chi connectivity index (χ2v) is 16.5. The first-order chi connectivity index (χ1) is 24.1. The quantitative estimate of drug-likeness (QED) is 0.194. The summed E-state index contributed by atoms with van der Waals surface area (Å²) in [5, 5.41) is 4.06. The molecule has 1 heteroatoms. The Bertz CT molecular complexity index is 1350. The average Bonchev–Trinajstić information content (AvgIpc) is 3.17. The lowest BCUT2D eigenvalue weighted by Gasteiger charge is -2.39. The number of nitrogens with one attached hydrogen (secondary N) is 1. The molecule has 1 saturated carbocycles. The van der Waals surface area contributed by atoms with E-state index in [2.05, 4.69) is 105 Å². The van der Waals surface area contributed by atoms with E-state index in [9.17, 15) is 0 Å². The summed E-state index contributed by atoms with van der Waals surface area (Å²) >= 11 is 0. The number of hydrogen-bond acceptors (Lipinski definition) is 1. The Morgan fingerprint density at radius 1 is 0.816 bits per heavy atom. The number of allylic oxidation sites excluding steroid dienone is 16. The number of hydrogen-bond donors (Lipinski definition) is 1. The van der Waals surface area contributed by atoms with Gasteiger partial charge >= 0.3 is 0 Å². The van der Waals surface area contributed by atoms with E-state index in [-0.39, 0.29) is 0 Å². The lowest BCUT2D eigenvalue weighted by Crippen LogP contribution is -2.37. The Balaban J connectivity index is 1.14. The maximum absolute atomic E-state index is 4.06. The minimum atomic E-state index is 0.535. The maximum Gasteiger partial charge on any atom is 0.0250 e. The molecule has 49 heavy (non-hydrogen) atoms. The summed E-state index contributed by atoms with van der Waals surface area (Å²) in [6.45, 7) is 8.26. The molecule has 0 aromatic carbocycles. The SMILES string of the molecule is CC/C=C\C(CCC)C1=CCCC(C2CCC(/C(C)=C3\C=CCCC3C(CNC3C=CCCC3)C3=CCC(C4=CCCC=C4)C=C3)CC2)C1. The third-order valence-corrected chi connectivity index (χ3v) is 13.3. The van der Waals surface area contributed by atoms with Gasteiger partial charge in [0.1, 0.15) is 0 Å². The van der Waals surface area contributed by atoms with Gasteiger partial charge in [-0.25, -0.2) is 0 Å². The summed E-state index contributed by atoms with van der Waals surface area (Å²) < 4.78 is 0. The standard InChI is InChI=1S/C48H69N/c1-4-6-17-38(16-5-2)43-20-15-21-44(34-43)41-28-26-37(27-29-41)36(3)46-24-13-14-25-47(46)48(35-49-45-22-11-8-12-23-45)42-32-30-40(31-33-42)39-18-9-7-10-19-39/h6,9,11,13,17-20,22,24,30,32-33,37-38,40-41,44-45,47-49H,4-5,7-8,10,12,14-16,21,23,25-29,31,34-35H2,1-3H3/b17-6-,46-36+. The molecule has 6 unspecified atom stereocenters. The highest BCUT2D eigenvalue weighted by atomic mass is 14.9. The second-order valence-electron chi connectivity index (χ2n) is 16.5. The predicted octanol–water partition coefficient (Wildman–Crippen LogP) is 13.3. The van der Waals surface area contributed by atoms with Gasteiger partial charge < -0.3 is 5.32 Å². The van der Waals surface area contributed by atoms with E-state index < -0.39 is 0 Å². The zero-order valence-corrected chi connectivity index (χ0v) is 31.6. The zero-order chi connectivity index (χ0) is 33.8. The minimum Gasteiger partial charge on any atom is -0.310 e. The van der Waals surface area contributed by atoms with Gasteiger partial charge in [0.15, 0.2) is 0 Å². The molecule has 0 aromatic heterocycles. The predicted molar refractivity (Wildman–Crippen MR) is 213 cm³/mol. The Hall–Kier alpha value is -2.38. The van der Waals surface area contributed by atoms with Crippen LogP contribution in [0.4, 0.5) is 0 Å². The van der Waals surface area contributed by atoms with Crippen LogP contribution in [-0.4, -0.2) is 12.6 Å². The van der Waals surface area contributed by atoms with E-state index >= 15 is 0 Å². The van der Waals surface area contributed by atoms with E-state index in [1.165, 1.54) is 108 Å². The van der Waals surface area contributed by atoms with Crippen LogP contribution < -0.4 is 5.32 Å². The van der Waals surface area contributed by atoms with Crippen molar-refractivity contribution < 1.29 is 0 Å². The first-order valence-corrected chi connectivity index (χ1v) is 21.0. The molecule has 266 valence electrons. The highest BCUT2D eigenvalue weighted by Crippen LogP contribution is 2.46. The van der Waals surface area contributed by atoms with Crippen molar-refractivity contribution in [3.05, 3.63) is 107 Å². The lowest BCUT2D eigenvalue weighted by molar-refractivity contribution is 0.200. The molecule has 0 amide bonds. The van der Waals surface area contributed by atoms with Crippen molar-refractivity contribution in [2.24, 2.45) is 41.4 Å². The number of rotatable bonds is 13. The van der Waals surface area contributed by atoms with Crippen LogP contribution in [0.3, 0.4) is 0 Å². The van der Waals surface area contributed by atoms with Crippen molar-refractivity contribution in [2.45, 2.75) is 142 Å². The van der Waals surface area contributed by atoms with E-state index in [1.54, 1.807) is 22.3 Å². The van der Waals surface area contributed by atoms with Crippen LogP contribution >= 0.6 is 0 Å². The van der Waals surface area contributed by atoms with Crippen LogP contribution in [0, 0.1) is 41.4 Å². The van der Waals surface area contributed by atoms with Crippen LogP contribution in [0.15, 0.2) is 107 Å². The normalized spacial score (nSPS) is 32.8. The summed E-state index contributed by atoms with van der Waals surface area (Å²) in [4.78, 5) is 0. The summed E-state index contributed by atoms with van der Waals surface area (Å²) in [6, 6.07) is 0.535. The van der Waals surface area contributed by atoms with Crippen LogP contribution in [-0.2, 0) is 0 Å². The van der Waals surface area contributed by atoms with Gasteiger partial charge in [0, 0.05) is 24.4 Å². The van der Waals surface area contributed by atoms with Crippen LogP contribution in [0.25, 0.3) is 0 Å². The van der Waals surface area contributed by atoms with E-state index in [4.69, 9.17) is 0 Å². The summed E-state index contributed by atoms with van der Waals surface area (Å²) in [5.41, 5.74) is 8.32. The van der Waals surface area contributed by atoms with Gasteiger partial charge in [-0.15, -0.1) is 0 Å². The van der Waals surface area contributed by atoms with Gasteiger partial charge in [-0.05, 0) is 162 Å². The smallest absolute Gasteiger partial charge is 0.0250 e. The molecular weight excluding hydrogens is 591 g/mol. The van der Waals surface area contributed by atoms with E-state index in [0.29, 0.717) is 29.7 Å². The molecule has 0 bridgehead atoms. The van der Waals surface area contributed by atoms with Gasteiger partial charge in [-0.3, -0.25) is 0 Å². The van der Waals surface area contributed by atoms with E-state index in [0.717, 1.165) is 37.1 Å². The van der Waals surface area contributed by atoms with Crippen molar-refractivity contribution in [3.63, 3.8) is 0 Å². The first kappa shape index (κ1) is 36.4. The van der Waals surface area contributed by atoms with Crippen LogP contribution in [0.2, 0.25) is 0 Å². The third-order valence-electron chi connectivity index (χ3n) is 13.3. The molecule has 0 saturated heterocycles. The summed E-state index contributed by atoms with van der Waals surface area (Å²) in [7, 11) is 0. The zero-order valence-electron chi connectivity index (χ0n) is 31.6. The van der Waals surface area contributed by atoms with Crippen molar-refractivity contribution in [3.8, 4) is 0 Å². The fraction of sp³-hybridized carbons (Fsp3) is 0.625. The fourth-order valence-corrected chi connectivity index (χ4v) is 10.4. The Morgan fingerprint density at radius 3 is 2.43 bits per heavy atom. The molecule has 0 aliphatic heterocycles. The Morgan fingerprint density at radius 2 is 1.69 bits per heavy atom. The highest BCUT2D eigenvalue weighted by molar-refractivity contribution is 5.39. The topological polar surface area (TPSA) is 12.0 Å². The molecule has 6 atom stereocenters. The van der Waals surface area contributed by atoms with E-state index in [1.807, 2.05) is 0 Å². The van der Waals surface area contributed by atoms with Gasteiger partial charge in [0.25, 0.3) is 0 Å². The average molecular weight is 660 g/mol. The Kier molecular flexibility index (Phi) is 13.9. The summed E-state index contributed by atoms with van der Waals surface area (Å²) in [6.07, 6.45) is 55.8. The molecule has 0 spiro atoms. The van der Waals surface area contributed by atoms with Crippen molar-refractivity contribution in [1.82, 2.24) is 5.32 Å². The minimum absolute atomic E-state index is 0.535. The molecule has 6 rings (SSSR count). The van der Waals surface area contributed by atoms with Crippen molar-refractivity contribution >= 4 is 0 Å². The first-order valence-electron chi connectivity index (χ1n) is 21.0. The molecule has 0 aromatic rings. The molecule has 6 aliphatic carbocycles. The fourth-order valence-electron chi connectivity index (χ4n) is 10.4. The van der Waals surface area contributed by atoms with Gasteiger partial charge in [0.05, 0.1) is 0 Å². The van der Waals surface area contributed by atoms with Crippen molar-refractivity contribution in [1.29, 1.82) is 0 Å². The highest BCUT2D eigenvalue weighted by Gasteiger charge is 2.34. The van der Waals surface area contributed by atoms with Crippen LogP contribution in [0.5, 0.6) is 0 Å². The van der Waals surface area contributed by atoms with Gasteiger partial charge in [-0.1, -0.05) is 110 Å². The largest absolute Gasteiger partial charge is 0.310 e. The molecule has 0 radical (unpaired) electrons. The molecular formula is C48H69N. The molecule has 1 nitrogen and oxygen atoms in total. The van der Waals surface area contributed by atoms with Crippen molar-refractivity contribution in [2.75, 3.05) is 6.54 Å². The van der Waals surface area contributed by atoms with Gasteiger partial charge in [0.2, 0.25) is 0 Å². The third kappa shape index (κ3) is 9.70. The molecule has 1 fully saturated rings. The second kappa shape index (κ2) is 18.7. The molecule has 0 heterocycles. The van der Waals surface area contributed by atoms with Gasteiger partial charge in [-0.2, -0.15) is 0 Å². The molecule has 1 N–H and O–H groups in total. The van der Waals surface area contributed by atoms with Crippen LogP contribution in [0.1, 0.15) is 136 Å². The summed E-state index contributed by atoms with van der Waals surface area (Å²) in [5.74, 6) is 4.98. The monoisotopic (exact) mass is 660 g/mol. The maximum atomic E-state index is 4.06. The lowest BCUT2D eigenvalue weighted by atomic mass is 9.66. The molecule has 6 aliphatic rings. The Labute approximate surface area is 301 Å².